The number of pyridine rings is 1. The molecule has 0 unspecified atom stereocenters. The van der Waals surface area contributed by atoms with Crippen molar-refractivity contribution in [1.82, 2.24) is 10.3 Å². The number of urea groups is 1. The summed E-state index contributed by atoms with van der Waals surface area (Å²) in [5.74, 6) is 0.539. The van der Waals surface area contributed by atoms with E-state index in [1.54, 1.807) is 18.5 Å². The maximum absolute atomic E-state index is 11.5. The van der Waals surface area contributed by atoms with Gasteiger partial charge >= 0.3 is 6.03 Å². The van der Waals surface area contributed by atoms with E-state index < -0.39 is 0 Å². The van der Waals surface area contributed by atoms with E-state index in [2.05, 4.69) is 36.4 Å². The van der Waals surface area contributed by atoms with Gasteiger partial charge in [-0.15, -0.1) is 0 Å². The second kappa shape index (κ2) is 5.48. The van der Waals surface area contributed by atoms with Gasteiger partial charge in [-0.05, 0) is 24.0 Å². The lowest BCUT2D eigenvalue weighted by molar-refractivity contribution is 0.255. The van der Waals surface area contributed by atoms with Crippen molar-refractivity contribution in [2.24, 2.45) is 5.41 Å². The molecule has 0 aliphatic rings. The fraction of sp³-hybridized carbons (Fsp3) is 0.385. The monoisotopic (exact) mass is 233 g/mol. The van der Waals surface area contributed by atoms with Crippen LogP contribution in [0, 0.1) is 12.3 Å². The Kier molecular flexibility index (Phi) is 4.26. The molecule has 1 rings (SSSR count). The van der Waals surface area contributed by atoms with Crippen LogP contribution in [0.3, 0.4) is 0 Å². The number of anilines is 1. The normalized spacial score (nSPS) is 11.5. The third-order valence-corrected chi connectivity index (χ3v) is 1.95. The molecule has 0 aliphatic heterocycles. The standard InChI is InChI=1S/C13H19N3O/c1-10-5-6-11(15-9-10)16-12(17)14-8-7-13(2,3)4/h5-9H,1-4H3,(H2,14,15,16,17)/b8-7+. The summed E-state index contributed by atoms with van der Waals surface area (Å²) < 4.78 is 0. The molecule has 0 radical (unpaired) electrons. The van der Waals surface area contributed by atoms with Gasteiger partial charge in [0.2, 0.25) is 0 Å². The highest BCUT2D eigenvalue weighted by atomic mass is 16.2. The molecule has 0 aliphatic carbocycles. The molecular formula is C13H19N3O. The molecular weight excluding hydrogens is 214 g/mol. The van der Waals surface area contributed by atoms with E-state index in [1.807, 2.05) is 19.1 Å². The number of carbonyl (C=O) groups excluding carboxylic acids is 1. The summed E-state index contributed by atoms with van der Waals surface area (Å²) in [6.07, 6.45) is 5.28. The number of allylic oxidation sites excluding steroid dienone is 1. The fourth-order valence-corrected chi connectivity index (χ4v) is 1.06. The molecule has 0 bridgehead atoms. The van der Waals surface area contributed by atoms with Crippen LogP contribution in [0.5, 0.6) is 0 Å². The van der Waals surface area contributed by atoms with Crippen molar-refractivity contribution >= 4 is 11.8 Å². The first kappa shape index (κ1) is 13.2. The number of hydrogen-bond acceptors (Lipinski definition) is 2. The van der Waals surface area contributed by atoms with E-state index in [0.717, 1.165) is 5.56 Å². The number of aryl methyl sites for hydroxylation is 1. The lowest BCUT2D eigenvalue weighted by atomic mass is 9.97. The first-order chi connectivity index (χ1) is 7.87. The molecule has 4 nitrogen and oxygen atoms in total. The lowest BCUT2D eigenvalue weighted by Crippen LogP contribution is -2.24. The Balaban J connectivity index is 2.45. The first-order valence-electron chi connectivity index (χ1n) is 5.55. The summed E-state index contributed by atoms with van der Waals surface area (Å²) in [6.45, 7) is 8.13. The maximum atomic E-state index is 11.5. The SMILES string of the molecule is Cc1ccc(NC(=O)N/C=C/C(C)(C)C)nc1. The van der Waals surface area contributed by atoms with Crippen molar-refractivity contribution < 1.29 is 4.79 Å². The summed E-state index contributed by atoms with van der Waals surface area (Å²) in [7, 11) is 0. The van der Waals surface area contributed by atoms with Crippen LogP contribution in [0.1, 0.15) is 26.3 Å². The van der Waals surface area contributed by atoms with Gasteiger partial charge in [-0.25, -0.2) is 9.78 Å². The quantitative estimate of drug-likeness (QED) is 0.824. The van der Waals surface area contributed by atoms with Crippen molar-refractivity contribution in [2.75, 3.05) is 5.32 Å². The lowest BCUT2D eigenvalue weighted by Gasteiger charge is -2.11. The molecule has 1 aromatic rings. The van der Waals surface area contributed by atoms with E-state index in [-0.39, 0.29) is 11.4 Å². The van der Waals surface area contributed by atoms with Gasteiger partial charge in [-0.1, -0.05) is 32.9 Å². The van der Waals surface area contributed by atoms with Crippen LogP contribution in [-0.4, -0.2) is 11.0 Å². The van der Waals surface area contributed by atoms with Crippen LogP contribution in [0.4, 0.5) is 10.6 Å². The molecule has 2 amide bonds. The van der Waals surface area contributed by atoms with Crippen LogP contribution in [0.25, 0.3) is 0 Å². The van der Waals surface area contributed by atoms with Gasteiger partial charge in [0.25, 0.3) is 0 Å². The number of nitrogens with one attached hydrogen (secondary N) is 2. The smallest absolute Gasteiger partial charge is 0.315 e. The average molecular weight is 233 g/mol. The Morgan fingerprint density at radius 1 is 1.35 bits per heavy atom. The highest BCUT2D eigenvalue weighted by molar-refractivity contribution is 5.88. The third kappa shape index (κ3) is 5.70. The van der Waals surface area contributed by atoms with E-state index in [9.17, 15) is 4.79 Å². The molecule has 4 heteroatoms. The van der Waals surface area contributed by atoms with E-state index >= 15 is 0 Å². The first-order valence-corrected chi connectivity index (χ1v) is 5.55. The molecule has 1 aromatic heterocycles. The zero-order chi connectivity index (χ0) is 12.9. The van der Waals surface area contributed by atoms with Gasteiger partial charge in [0.15, 0.2) is 0 Å². The maximum Gasteiger partial charge on any atom is 0.324 e. The Bertz CT molecular complexity index is 402. The van der Waals surface area contributed by atoms with E-state index in [1.165, 1.54) is 0 Å². The largest absolute Gasteiger partial charge is 0.324 e. The minimum atomic E-state index is -0.290. The molecule has 0 fully saturated rings. The fourth-order valence-electron chi connectivity index (χ4n) is 1.06. The third-order valence-electron chi connectivity index (χ3n) is 1.95. The number of amides is 2. The summed E-state index contributed by atoms with van der Waals surface area (Å²) in [4.78, 5) is 15.5. The Hall–Kier alpha value is -1.84. The Labute approximate surface area is 102 Å². The predicted octanol–water partition coefficient (Wildman–Crippen LogP) is 3.07. The van der Waals surface area contributed by atoms with Crippen molar-refractivity contribution in [3.8, 4) is 0 Å². The minimum absolute atomic E-state index is 0.0510. The van der Waals surface area contributed by atoms with E-state index in [0.29, 0.717) is 5.82 Å². The molecule has 0 saturated carbocycles. The molecule has 92 valence electrons. The average Bonchev–Trinajstić information content (AvgIpc) is 2.19. The molecule has 0 saturated heterocycles. The van der Waals surface area contributed by atoms with Crippen LogP contribution >= 0.6 is 0 Å². The van der Waals surface area contributed by atoms with Gasteiger partial charge in [-0.2, -0.15) is 0 Å². The predicted molar refractivity (Wildman–Crippen MR) is 69.7 cm³/mol. The number of aromatic nitrogens is 1. The van der Waals surface area contributed by atoms with Crippen LogP contribution in [0.15, 0.2) is 30.6 Å². The Morgan fingerprint density at radius 2 is 2.06 bits per heavy atom. The second-order valence-electron chi connectivity index (χ2n) is 5.02. The molecule has 0 aromatic carbocycles. The molecule has 0 atom stereocenters. The molecule has 17 heavy (non-hydrogen) atoms. The van der Waals surface area contributed by atoms with Gasteiger partial charge in [0.1, 0.15) is 5.82 Å². The van der Waals surface area contributed by atoms with Crippen LogP contribution in [-0.2, 0) is 0 Å². The minimum Gasteiger partial charge on any atom is -0.315 e. The van der Waals surface area contributed by atoms with Crippen molar-refractivity contribution in [3.05, 3.63) is 36.2 Å². The van der Waals surface area contributed by atoms with Crippen molar-refractivity contribution in [1.29, 1.82) is 0 Å². The van der Waals surface area contributed by atoms with Crippen LogP contribution < -0.4 is 10.6 Å². The Morgan fingerprint density at radius 3 is 2.59 bits per heavy atom. The number of hydrogen-bond donors (Lipinski definition) is 2. The zero-order valence-electron chi connectivity index (χ0n) is 10.7. The van der Waals surface area contributed by atoms with Crippen LogP contribution in [0.2, 0.25) is 0 Å². The molecule has 2 N–H and O–H groups in total. The molecule has 1 heterocycles. The van der Waals surface area contributed by atoms with Crippen molar-refractivity contribution in [2.45, 2.75) is 27.7 Å². The number of nitrogens with zero attached hydrogens (tertiary/aromatic N) is 1. The summed E-state index contributed by atoms with van der Waals surface area (Å²) in [5, 5.41) is 5.27. The summed E-state index contributed by atoms with van der Waals surface area (Å²) in [6, 6.07) is 3.37. The highest BCUT2D eigenvalue weighted by Gasteiger charge is 2.04. The second-order valence-corrected chi connectivity index (χ2v) is 5.02. The van der Waals surface area contributed by atoms with E-state index in [4.69, 9.17) is 0 Å². The topological polar surface area (TPSA) is 54.0 Å². The molecule has 0 spiro atoms. The summed E-state index contributed by atoms with van der Waals surface area (Å²) >= 11 is 0. The van der Waals surface area contributed by atoms with Gasteiger partial charge in [0, 0.05) is 12.4 Å². The highest BCUT2D eigenvalue weighted by Crippen LogP contribution is 2.13. The number of carbonyl (C=O) groups is 1. The zero-order valence-corrected chi connectivity index (χ0v) is 10.7. The summed E-state index contributed by atoms with van der Waals surface area (Å²) in [5.41, 5.74) is 1.11. The van der Waals surface area contributed by atoms with Gasteiger partial charge in [-0.3, -0.25) is 5.32 Å². The van der Waals surface area contributed by atoms with Gasteiger partial charge in [0.05, 0.1) is 0 Å². The van der Waals surface area contributed by atoms with Gasteiger partial charge < -0.3 is 5.32 Å². The number of rotatable bonds is 2. The van der Waals surface area contributed by atoms with Crippen molar-refractivity contribution in [3.63, 3.8) is 0 Å².